The van der Waals surface area contributed by atoms with Crippen LogP contribution >= 0.6 is 0 Å². The van der Waals surface area contributed by atoms with E-state index in [9.17, 15) is 9.59 Å². The van der Waals surface area contributed by atoms with E-state index in [4.69, 9.17) is 0 Å². The van der Waals surface area contributed by atoms with Crippen LogP contribution in [-0.2, 0) is 4.79 Å². The van der Waals surface area contributed by atoms with E-state index in [2.05, 4.69) is 20.8 Å². The fourth-order valence-electron chi connectivity index (χ4n) is 1.51. The van der Waals surface area contributed by atoms with Crippen LogP contribution in [0.25, 0.3) is 0 Å². The summed E-state index contributed by atoms with van der Waals surface area (Å²) in [6, 6.07) is 1.16. The van der Waals surface area contributed by atoms with Gasteiger partial charge in [-0.3, -0.25) is 14.7 Å². The largest absolute Gasteiger partial charge is 0.343 e. The van der Waals surface area contributed by atoms with Gasteiger partial charge in [0.2, 0.25) is 11.7 Å². The lowest BCUT2D eigenvalue weighted by atomic mass is 10.1. The fraction of sp³-hybridized carbons (Fsp3) is 0.444. The van der Waals surface area contributed by atoms with E-state index in [0.29, 0.717) is 12.2 Å². The topological polar surface area (TPSA) is 86.9 Å². The molecule has 1 fully saturated rings. The quantitative estimate of drug-likeness (QED) is 0.543. The van der Waals surface area contributed by atoms with Crippen LogP contribution in [-0.4, -0.2) is 41.0 Å². The Morgan fingerprint density at radius 3 is 3.00 bits per heavy atom. The Morgan fingerprint density at radius 2 is 2.40 bits per heavy atom. The number of aryl methyl sites for hydroxylation is 1. The van der Waals surface area contributed by atoms with Crippen LogP contribution in [0, 0.1) is 6.92 Å². The van der Waals surface area contributed by atoms with Gasteiger partial charge in [-0.2, -0.15) is 5.10 Å². The minimum absolute atomic E-state index is 0.160. The maximum Gasteiger partial charge on any atom is 0.234 e. The average molecular weight is 208 g/mol. The smallest absolute Gasteiger partial charge is 0.234 e. The van der Waals surface area contributed by atoms with Crippen molar-refractivity contribution in [3.63, 3.8) is 0 Å². The zero-order valence-electron chi connectivity index (χ0n) is 8.33. The highest BCUT2D eigenvalue weighted by molar-refractivity contribution is 6.01. The van der Waals surface area contributed by atoms with Crippen molar-refractivity contribution in [2.75, 3.05) is 13.1 Å². The number of amides is 1. The Hall–Kier alpha value is -1.69. The van der Waals surface area contributed by atoms with Crippen molar-refractivity contribution >= 4 is 11.7 Å². The maximum atomic E-state index is 11.8. The summed E-state index contributed by atoms with van der Waals surface area (Å²) in [7, 11) is 0. The number of piperazine rings is 1. The van der Waals surface area contributed by atoms with Gasteiger partial charge in [-0.05, 0) is 13.0 Å². The molecule has 6 heteroatoms. The van der Waals surface area contributed by atoms with Crippen LogP contribution in [0.2, 0.25) is 0 Å². The first-order chi connectivity index (χ1) is 7.16. The zero-order valence-corrected chi connectivity index (χ0v) is 8.33. The average Bonchev–Trinajstić information content (AvgIpc) is 2.64. The first kappa shape index (κ1) is 9.85. The number of aromatic amines is 1. The number of hydrogen-bond donors (Lipinski definition) is 3. The van der Waals surface area contributed by atoms with Gasteiger partial charge in [-0.1, -0.05) is 0 Å². The molecule has 1 aromatic heterocycles. The third kappa shape index (κ3) is 2.04. The van der Waals surface area contributed by atoms with Crippen LogP contribution < -0.4 is 10.6 Å². The lowest BCUT2D eigenvalue weighted by Gasteiger charge is -2.22. The van der Waals surface area contributed by atoms with Gasteiger partial charge in [-0.15, -0.1) is 0 Å². The molecule has 6 nitrogen and oxygen atoms in total. The van der Waals surface area contributed by atoms with E-state index in [0.717, 1.165) is 5.69 Å². The molecule has 1 unspecified atom stereocenters. The van der Waals surface area contributed by atoms with Crippen molar-refractivity contribution < 1.29 is 9.59 Å². The summed E-state index contributed by atoms with van der Waals surface area (Å²) in [5.41, 5.74) is 1.19. The first-order valence-corrected chi connectivity index (χ1v) is 4.73. The number of ketones is 1. The molecule has 1 amide bonds. The molecule has 1 aliphatic rings. The van der Waals surface area contributed by atoms with Gasteiger partial charge in [-0.25, -0.2) is 0 Å². The Kier molecular flexibility index (Phi) is 2.51. The Bertz CT molecular complexity index is 399. The molecule has 0 spiro atoms. The van der Waals surface area contributed by atoms with Gasteiger partial charge >= 0.3 is 0 Å². The molecular formula is C9H12N4O2. The van der Waals surface area contributed by atoms with E-state index >= 15 is 0 Å². The van der Waals surface area contributed by atoms with E-state index < -0.39 is 6.04 Å². The molecule has 1 aromatic rings. The number of aromatic nitrogens is 2. The number of carbonyl (C=O) groups is 2. The summed E-state index contributed by atoms with van der Waals surface area (Å²) in [5.74, 6) is -0.327. The van der Waals surface area contributed by atoms with E-state index in [-0.39, 0.29) is 18.2 Å². The standard InChI is InChI=1S/C9H12N4O2/c1-5-2-6(13-12-5)9(15)7-3-10-4-8(14)11-7/h2,7,10H,3-4H2,1H3,(H,11,14)(H,12,13). The predicted molar refractivity (Wildman–Crippen MR) is 52.5 cm³/mol. The summed E-state index contributed by atoms with van der Waals surface area (Å²) in [5, 5.41) is 12.0. The summed E-state index contributed by atoms with van der Waals surface area (Å²) < 4.78 is 0. The molecule has 1 aliphatic heterocycles. The van der Waals surface area contributed by atoms with Gasteiger partial charge in [0.15, 0.2) is 0 Å². The predicted octanol–water partition coefficient (Wildman–Crippen LogP) is -1.01. The Morgan fingerprint density at radius 1 is 1.60 bits per heavy atom. The monoisotopic (exact) mass is 208 g/mol. The molecule has 0 saturated carbocycles. The second-order valence-electron chi connectivity index (χ2n) is 3.55. The second-order valence-corrected chi connectivity index (χ2v) is 3.55. The number of nitrogens with zero attached hydrogens (tertiary/aromatic N) is 1. The van der Waals surface area contributed by atoms with Crippen LogP contribution in [0.3, 0.4) is 0 Å². The maximum absolute atomic E-state index is 11.8. The fourth-order valence-corrected chi connectivity index (χ4v) is 1.51. The van der Waals surface area contributed by atoms with Crippen LogP contribution in [0.4, 0.5) is 0 Å². The zero-order chi connectivity index (χ0) is 10.8. The second kappa shape index (κ2) is 3.82. The van der Waals surface area contributed by atoms with Gasteiger partial charge in [0.1, 0.15) is 11.7 Å². The van der Waals surface area contributed by atoms with Crippen molar-refractivity contribution in [3.8, 4) is 0 Å². The number of hydrogen-bond acceptors (Lipinski definition) is 4. The van der Waals surface area contributed by atoms with Crippen molar-refractivity contribution in [2.24, 2.45) is 0 Å². The number of nitrogens with one attached hydrogen (secondary N) is 3. The molecule has 2 heterocycles. The van der Waals surface area contributed by atoms with Gasteiger partial charge in [0.05, 0.1) is 6.54 Å². The molecular weight excluding hydrogens is 196 g/mol. The Labute approximate surface area is 86.4 Å². The molecule has 15 heavy (non-hydrogen) atoms. The van der Waals surface area contributed by atoms with Crippen LogP contribution in [0.1, 0.15) is 16.2 Å². The van der Waals surface area contributed by atoms with Gasteiger partial charge in [0.25, 0.3) is 0 Å². The molecule has 3 N–H and O–H groups in total. The SMILES string of the molecule is Cc1cc(C(=O)C2CNCC(=O)N2)n[nH]1. The summed E-state index contributed by atoms with van der Waals surface area (Å²) in [6.45, 7) is 2.54. The van der Waals surface area contributed by atoms with Crippen molar-refractivity contribution in [2.45, 2.75) is 13.0 Å². The lowest BCUT2D eigenvalue weighted by molar-refractivity contribution is -0.121. The minimum Gasteiger partial charge on any atom is -0.343 e. The van der Waals surface area contributed by atoms with E-state index in [1.165, 1.54) is 0 Å². The summed E-state index contributed by atoms with van der Waals surface area (Å²) in [6.07, 6.45) is 0. The van der Waals surface area contributed by atoms with Crippen molar-refractivity contribution in [1.82, 2.24) is 20.8 Å². The molecule has 0 bridgehead atoms. The minimum atomic E-state index is -0.506. The molecule has 0 radical (unpaired) electrons. The first-order valence-electron chi connectivity index (χ1n) is 4.73. The Balaban J connectivity index is 2.10. The molecule has 1 atom stereocenters. The third-order valence-electron chi connectivity index (χ3n) is 2.24. The van der Waals surface area contributed by atoms with Crippen molar-refractivity contribution in [1.29, 1.82) is 0 Å². The van der Waals surface area contributed by atoms with Gasteiger partial charge < -0.3 is 10.6 Å². The highest BCUT2D eigenvalue weighted by Crippen LogP contribution is 2.03. The number of Topliss-reactive ketones (excluding diaryl/α,β-unsaturated/α-hetero) is 1. The molecule has 80 valence electrons. The van der Waals surface area contributed by atoms with Crippen LogP contribution in [0.15, 0.2) is 6.07 Å². The highest BCUT2D eigenvalue weighted by Gasteiger charge is 2.26. The summed E-state index contributed by atoms with van der Waals surface area (Å²) >= 11 is 0. The number of rotatable bonds is 2. The molecule has 0 aromatic carbocycles. The van der Waals surface area contributed by atoms with Crippen molar-refractivity contribution in [3.05, 3.63) is 17.5 Å². The lowest BCUT2D eigenvalue weighted by Crippen LogP contribution is -2.55. The van der Waals surface area contributed by atoms with E-state index in [1.54, 1.807) is 6.07 Å². The third-order valence-corrected chi connectivity index (χ3v) is 2.24. The highest BCUT2D eigenvalue weighted by atomic mass is 16.2. The molecule has 1 saturated heterocycles. The van der Waals surface area contributed by atoms with Crippen LogP contribution in [0.5, 0.6) is 0 Å². The normalized spacial score (nSPS) is 21.1. The summed E-state index contributed by atoms with van der Waals surface area (Å²) in [4.78, 5) is 22.9. The van der Waals surface area contributed by atoms with Gasteiger partial charge in [0, 0.05) is 12.2 Å². The number of carbonyl (C=O) groups excluding carboxylic acids is 2. The molecule has 2 rings (SSSR count). The number of H-pyrrole nitrogens is 1. The van der Waals surface area contributed by atoms with E-state index in [1.807, 2.05) is 6.92 Å². The molecule has 0 aliphatic carbocycles.